The first-order chi connectivity index (χ1) is 11.3. The van der Waals surface area contributed by atoms with Crippen molar-refractivity contribution in [1.82, 2.24) is 0 Å². The third-order valence-corrected chi connectivity index (χ3v) is 3.65. The molecule has 0 heterocycles. The smallest absolute Gasteiger partial charge is 0.508 e. The third kappa shape index (κ3) is 4.19. The van der Waals surface area contributed by atoms with E-state index in [1.54, 1.807) is 24.3 Å². The van der Waals surface area contributed by atoms with Crippen molar-refractivity contribution in [2.45, 2.75) is 39.5 Å². The number of carbonyl (C=O) groups is 1. The van der Waals surface area contributed by atoms with Crippen LogP contribution >= 0.6 is 0 Å². The van der Waals surface area contributed by atoms with Gasteiger partial charge in [-0.05, 0) is 35.1 Å². The highest BCUT2D eigenvalue weighted by Crippen LogP contribution is 2.31. The van der Waals surface area contributed by atoms with Crippen LogP contribution in [0.15, 0.2) is 36.4 Å². The summed E-state index contributed by atoms with van der Waals surface area (Å²) in [5.41, 5.74) is 1.54. The summed E-state index contributed by atoms with van der Waals surface area (Å²) >= 11 is 0. The van der Waals surface area contributed by atoms with Crippen LogP contribution < -0.4 is 9.47 Å². The molecule has 0 fully saturated rings. The average Bonchev–Trinajstić information content (AvgIpc) is 2.46. The van der Waals surface area contributed by atoms with E-state index in [4.69, 9.17) is 9.47 Å². The van der Waals surface area contributed by atoms with Crippen LogP contribution in [0.2, 0.25) is 0 Å². The van der Waals surface area contributed by atoms with E-state index in [-0.39, 0.29) is 34.8 Å². The van der Waals surface area contributed by atoms with E-state index in [1.807, 2.05) is 27.7 Å². The average molecular weight is 330 g/mol. The summed E-state index contributed by atoms with van der Waals surface area (Å²) in [6, 6.07) is 9.33. The van der Waals surface area contributed by atoms with Crippen molar-refractivity contribution in [3.63, 3.8) is 0 Å². The molecular weight excluding hydrogens is 308 g/mol. The Kier molecular flexibility index (Phi) is 5.34. The predicted molar refractivity (Wildman–Crippen MR) is 91.0 cm³/mol. The summed E-state index contributed by atoms with van der Waals surface area (Å²) in [6.07, 6.45) is -0.941. The number of ether oxygens (including phenoxy) is 2. The Balaban J connectivity index is 2.06. The molecule has 24 heavy (non-hydrogen) atoms. The maximum absolute atomic E-state index is 11.8. The zero-order chi connectivity index (χ0) is 17.9. The maximum atomic E-state index is 11.8. The van der Waals surface area contributed by atoms with Crippen LogP contribution in [-0.4, -0.2) is 16.4 Å². The second-order valence-corrected chi connectivity index (χ2v) is 6.20. The fraction of sp³-hybridized carbons (Fsp3) is 0.316. The van der Waals surface area contributed by atoms with Gasteiger partial charge in [-0.3, -0.25) is 0 Å². The Bertz CT molecular complexity index is 673. The van der Waals surface area contributed by atoms with Crippen molar-refractivity contribution in [3.05, 3.63) is 47.5 Å². The number of phenolic OH excluding ortho intramolecular Hbond substituents is 2. The number of phenols is 2. The monoisotopic (exact) mass is 330 g/mol. The number of rotatable bonds is 4. The number of hydrogen-bond donors (Lipinski definition) is 2. The minimum atomic E-state index is -0.941. The molecule has 0 saturated carbocycles. The molecule has 0 aliphatic carbocycles. The van der Waals surface area contributed by atoms with E-state index in [2.05, 4.69) is 0 Å². The van der Waals surface area contributed by atoms with Gasteiger partial charge in [0.25, 0.3) is 0 Å². The number of benzene rings is 2. The highest BCUT2D eigenvalue weighted by molar-refractivity contribution is 5.67. The van der Waals surface area contributed by atoms with Crippen molar-refractivity contribution in [1.29, 1.82) is 0 Å². The molecule has 128 valence electrons. The molecule has 0 atom stereocenters. The highest BCUT2D eigenvalue weighted by Gasteiger charge is 2.13. The lowest BCUT2D eigenvalue weighted by atomic mass is 10.0. The Hall–Kier alpha value is -2.69. The van der Waals surface area contributed by atoms with Gasteiger partial charge in [-0.25, -0.2) is 4.79 Å². The molecular formula is C19H22O5. The van der Waals surface area contributed by atoms with E-state index in [0.717, 1.165) is 11.1 Å². The fourth-order valence-electron chi connectivity index (χ4n) is 2.36. The first-order valence-electron chi connectivity index (χ1n) is 7.83. The van der Waals surface area contributed by atoms with E-state index in [9.17, 15) is 15.0 Å². The van der Waals surface area contributed by atoms with Crippen LogP contribution in [-0.2, 0) is 0 Å². The van der Waals surface area contributed by atoms with Gasteiger partial charge in [-0.2, -0.15) is 0 Å². The predicted octanol–water partition coefficient (Wildman–Crippen LogP) is 4.92. The second kappa shape index (κ2) is 7.25. The molecule has 0 saturated heterocycles. The summed E-state index contributed by atoms with van der Waals surface area (Å²) in [5.74, 6) is 0.820. The molecule has 5 heteroatoms. The fourth-order valence-corrected chi connectivity index (χ4v) is 2.36. The van der Waals surface area contributed by atoms with Crippen LogP contribution in [0.25, 0.3) is 0 Å². The van der Waals surface area contributed by atoms with Gasteiger partial charge >= 0.3 is 6.16 Å². The van der Waals surface area contributed by atoms with Crippen molar-refractivity contribution < 1.29 is 24.5 Å². The lowest BCUT2D eigenvalue weighted by molar-refractivity contribution is 0.151. The van der Waals surface area contributed by atoms with Crippen molar-refractivity contribution in [2.24, 2.45) is 0 Å². The number of hydrogen-bond acceptors (Lipinski definition) is 5. The van der Waals surface area contributed by atoms with Gasteiger partial charge in [0.15, 0.2) is 0 Å². The summed E-state index contributed by atoms with van der Waals surface area (Å²) in [7, 11) is 0. The Morgan fingerprint density at radius 2 is 1.17 bits per heavy atom. The summed E-state index contributed by atoms with van der Waals surface area (Å²) in [4.78, 5) is 11.8. The topological polar surface area (TPSA) is 76.0 Å². The number of carbonyl (C=O) groups excluding carboxylic acids is 1. The zero-order valence-electron chi connectivity index (χ0n) is 14.2. The molecule has 0 spiro atoms. The molecule has 2 aromatic carbocycles. The van der Waals surface area contributed by atoms with Gasteiger partial charge < -0.3 is 19.7 Å². The van der Waals surface area contributed by atoms with Gasteiger partial charge in [0.2, 0.25) is 0 Å². The standard InChI is InChI=1S/C19H22O5/c1-11(2)15-7-5-13(9-17(15)20)23-19(22)24-14-6-8-16(12(3)4)18(21)10-14/h5-12,20-21H,1-4H3. The minimum absolute atomic E-state index is 0.0641. The minimum Gasteiger partial charge on any atom is -0.508 e. The summed E-state index contributed by atoms with van der Waals surface area (Å²) in [5, 5.41) is 19.8. The van der Waals surface area contributed by atoms with Crippen LogP contribution in [0.3, 0.4) is 0 Å². The molecule has 0 radical (unpaired) electrons. The van der Waals surface area contributed by atoms with E-state index in [1.165, 1.54) is 12.1 Å². The van der Waals surface area contributed by atoms with E-state index >= 15 is 0 Å². The molecule has 0 aliphatic heterocycles. The molecule has 0 bridgehead atoms. The normalized spacial score (nSPS) is 10.9. The molecule has 0 unspecified atom stereocenters. The molecule has 2 rings (SSSR count). The molecule has 0 aliphatic rings. The van der Waals surface area contributed by atoms with Gasteiger partial charge in [-0.15, -0.1) is 0 Å². The van der Waals surface area contributed by atoms with Crippen molar-refractivity contribution in [3.8, 4) is 23.0 Å². The van der Waals surface area contributed by atoms with Gasteiger partial charge in [0, 0.05) is 12.1 Å². The summed E-state index contributed by atoms with van der Waals surface area (Å²) < 4.78 is 10.1. The largest absolute Gasteiger partial charge is 0.519 e. The van der Waals surface area contributed by atoms with Crippen LogP contribution in [0.5, 0.6) is 23.0 Å². The SMILES string of the molecule is CC(C)c1ccc(OC(=O)Oc2ccc(C(C)C)c(O)c2)cc1O. The van der Waals surface area contributed by atoms with Gasteiger partial charge in [0.05, 0.1) is 0 Å². The maximum Gasteiger partial charge on any atom is 0.519 e. The lowest BCUT2D eigenvalue weighted by Crippen LogP contribution is -2.13. The van der Waals surface area contributed by atoms with Gasteiger partial charge in [-0.1, -0.05) is 39.8 Å². The quantitative estimate of drug-likeness (QED) is 0.614. The van der Waals surface area contributed by atoms with Crippen LogP contribution in [0.4, 0.5) is 4.79 Å². The van der Waals surface area contributed by atoms with Crippen molar-refractivity contribution >= 4 is 6.16 Å². The van der Waals surface area contributed by atoms with Crippen molar-refractivity contribution in [2.75, 3.05) is 0 Å². The Labute approximate surface area is 141 Å². The first-order valence-corrected chi connectivity index (χ1v) is 7.83. The molecule has 2 N–H and O–H groups in total. The Morgan fingerprint density at radius 1 is 0.792 bits per heavy atom. The molecule has 5 nitrogen and oxygen atoms in total. The molecule has 0 amide bonds. The second-order valence-electron chi connectivity index (χ2n) is 6.20. The summed E-state index contributed by atoms with van der Waals surface area (Å²) in [6.45, 7) is 7.82. The van der Waals surface area contributed by atoms with E-state index < -0.39 is 6.16 Å². The molecule has 0 aromatic heterocycles. The number of aromatic hydroxyl groups is 2. The Morgan fingerprint density at radius 3 is 1.46 bits per heavy atom. The van der Waals surface area contributed by atoms with Gasteiger partial charge in [0.1, 0.15) is 23.0 Å². The first kappa shape index (κ1) is 17.7. The third-order valence-electron chi connectivity index (χ3n) is 3.65. The van der Waals surface area contributed by atoms with Crippen LogP contribution in [0.1, 0.15) is 50.7 Å². The highest BCUT2D eigenvalue weighted by atomic mass is 16.7. The zero-order valence-corrected chi connectivity index (χ0v) is 14.2. The molecule has 2 aromatic rings. The van der Waals surface area contributed by atoms with Crippen LogP contribution in [0, 0.1) is 0 Å². The van der Waals surface area contributed by atoms with E-state index in [0.29, 0.717) is 0 Å². The lowest BCUT2D eigenvalue weighted by Gasteiger charge is -2.11.